The lowest BCUT2D eigenvalue weighted by Crippen LogP contribution is -2.49. The summed E-state index contributed by atoms with van der Waals surface area (Å²) in [4.78, 5) is 46.1. The fourth-order valence-electron chi connectivity index (χ4n) is 16.0. The number of hydrogen-bond acceptors (Lipinski definition) is 18. The van der Waals surface area contributed by atoms with Crippen LogP contribution in [0, 0.1) is 0 Å². The number of pyridine rings is 2. The number of benzene rings is 3. The Morgan fingerprint density at radius 3 is 0.974 bits per heavy atom. The number of nitrogens with zero attached hydrogens (tertiary/aromatic N) is 18. The molecule has 7 aliphatic heterocycles. The lowest BCUT2D eigenvalue weighted by molar-refractivity contribution is 0.104. The number of rotatable bonds is 0. The van der Waals surface area contributed by atoms with Gasteiger partial charge >= 0.3 is 0 Å². The Hall–Kier alpha value is -8.02. The van der Waals surface area contributed by atoms with E-state index in [1.54, 1.807) is 28.4 Å². The molecule has 10 heterocycles. The second kappa shape index (κ2) is 39.2. The first-order valence-electron chi connectivity index (χ1n) is 45.2. The van der Waals surface area contributed by atoms with Crippen LogP contribution in [-0.2, 0) is 10.8 Å². The van der Waals surface area contributed by atoms with Crippen LogP contribution in [-0.4, -0.2) is 161 Å². The van der Waals surface area contributed by atoms with Crippen molar-refractivity contribution in [2.24, 2.45) is 0 Å². The first-order valence-corrected chi connectivity index (χ1v) is 39.2. The molecule has 0 radical (unpaired) electrons. The van der Waals surface area contributed by atoms with Crippen LogP contribution >= 0.6 is 0 Å². The summed E-state index contributed by atoms with van der Waals surface area (Å²) >= 11 is 0. The van der Waals surface area contributed by atoms with Crippen molar-refractivity contribution in [1.29, 1.82) is 0 Å². The van der Waals surface area contributed by atoms with Gasteiger partial charge in [0.25, 0.3) is 0 Å². The molecule has 3 aromatic heterocycles. The Labute approximate surface area is 733 Å². The summed E-state index contributed by atoms with van der Waals surface area (Å²) in [6, 6.07) is 28.4. The van der Waals surface area contributed by atoms with Crippen molar-refractivity contribution in [3.63, 3.8) is 0 Å². The first-order chi connectivity index (χ1) is 54.5. The van der Waals surface area contributed by atoms with Gasteiger partial charge in [-0.1, -0.05) is 118 Å². The van der Waals surface area contributed by atoms with Gasteiger partial charge in [-0.25, -0.2) is 19.9 Å². The number of hydrogen-bond donors (Lipinski definition) is 0. The summed E-state index contributed by atoms with van der Waals surface area (Å²) in [5.41, 5.74) is 10.1. The van der Waals surface area contributed by atoms with Crippen LogP contribution in [0.4, 0.5) is 68.8 Å². The second-order valence-corrected chi connectivity index (χ2v) is 39.2. The molecule has 6 aromatic rings. The van der Waals surface area contributed by atoms with Crippen molar-refractivity contribution in [1.82, 2.24) is 29.7 Å². The van der Waals surface area contributed by atoms with E-state index >= 15 is 0 Å². The minimum absolute atomic E-state index is 0. The zero-order valence-corrected chi connectivity index (χ0v) is 74.1. The van der Waals surface area contributed by atoms with Crippen molar-refractivity contribution in [3.05, 3.63) is 133 Å². The van der Waals surface area contributed by atoms with Crippen LogP contribution in [0.2, 0.25) is 0 Å². The van der Waals surface area contributed by atoms with E-state index in [0.29, 0.717) is 18.5 Å². The third kappa shape index (κ3) is 23.1. The molecule has 0 N–H and O–H groups in total. The summed E-state index contributed by atoms with van der Waals surface area (Å²) in [6.07, 6.45) is 11.1. The average Bonchev–Trinajstić information content (AvgIpc) is 1.57. The van der Waals surface area contributed by atoms with Crippen molar-refractivity contribution in [2.75, 3.05) is 108 Å². The summed E-state index contributed by atoms with van der Waals surface area (Å²) in [6.45, 7) is 64.1. The zero-order valence-electron chi connectivity index (χ0n) is 86.1. The van der Waals surface area contributed by atoms with Crippen LogP contribution < -0.4 is 58.8 Å². The molecule has 0 fully saturated rings. The van der Waals surface area contributed by atoms with Crippen molar-refractivity contribution in [2.45, 2.75) is 380 Å². The molecular formula is C98H178N18. The van der Waals surface area contributed by atoms with E-state index in [0.717, 1.165) is 63.0 Å². The molecule has 3 aromatic carbocycles. The highest BCUT2D eigenvalue weighted by molar-refractivity contribution is 5.82. The predicted octanol–water partition coefficient (Wildman–Crippen LogP) is 25.0. The molecule has 116 heavy (non-hydrogen) atoms. The van der Waals surface area contributed by atoms with Gasteiger partial charge in [0.2, 0.25) is 0 Å². The van der Waals surface area contributed by atoms with Gasteiger partial charge in [-0.05, 0) is 276 Å². The molecule has 7 aliphatic rings. The van der Waals surface area contributed by atoms with Crippen LogP contribution in [0.1, 0.15) is 315 Å². The second-order valence-electron chi connectivity index (χ2n) is 39.2. The quantitative estimate of drug-likeness (QED) is 0.144. The Bertz CT molecular complexity index is 4160. The van der Waals surface area contributed by atoms with Crippen molar-refractivity contribution >= 4 is 68.8 Å². The van der Waals surface area contributed by atoms with E-state index in [2.05, 4.69) is 329 Å². The Balaban J connectivity index is 0.00000147. The maximum Gasteiger partial charge on any atom is 0.174 e. The fourth-order valence-corrected chi connectivity index (χ4v) is 16.0. The molecule has 0 aliphatic carbocycles. The highest BCUT2D eigenvalue weighted by atomic mass is 15.5. The van der Waals surface area contributed by atoms with E-state index in [-0.39, 0.29) is 126 Å². The van der Waals surface area contributed by atoms with Gasteiger partial charge < -0.3 is 68.6 Å². The van der Waals surface area contributed by atoms with E-state index in [1.807, 2.05) is 99.7 Å². The number of anilines is 12. The topological polar surface area (TPSA) is 96.9 Å². The normalized spacial score (nSPS) is 21.6. The van der Waals surface area contributed by atoms with Crippen LogP contribution in [0.25, 0.3) is 0 Å². The molecule has 0 saturated carbocycles. The SMILES string of the molecule is C.C.C.C.C.C.C.C[C@H]1N(C)c2cccnc2N1C(C)(C)C.C[C@H]1N(C)c2ncccc2N1C(C)(C)C.C[C@H]1N(C)c2nccnc2N1C(C)(C)C.[2H]C([2H])([2H])N1C=CN(C(C)(C)C)[C@H]1C.[2H]C([2H])([2H])N1c2cc(C(C)(C)C)ccc2N(C(C)(C)C)[C@H]1C.[2H]C([2H])([2H])N1c2ccc(C(C)(C)C)cc2N(C(C)(C)C)[C@H]1C.[2H]C([2H])([2H])N1c2ccccc2N(C(C)(C)C)[C@H]1C. The largest absolute Gasteiger partial charge is 0.359 e. The highest BCUT2D eigenvalue weighted by Crippen LogP contribution is 2.49. The van der Waals surface area contributed by atoms with E-state index in [4.69, 9.17) is 16.4 Å². The third-order valence-electron chi connectivity index (χ3n) is 21.4. The summed E-state index contributed by atoms with van der Waals surface area (Å²) < 4.78 is 92.7. The van der Waals surface area contributed by atoms with Crippen LogP contribution in [0.3, 0.4) is 0 Å². The summed E-state index contributed by atoms with van der Waals surface area (Å²) in [5.74, 6) is 4.14. The van der Waals surface area contributed by atoms with Gasteiger partial charge in [0.1, 0.15) is 18.5 Å². The molecule has 18 heteroatoms. The Morgan fingerprint density at radius 1 is 0.259 bits per heavy atom. The predicted molar refractivity (Wildman–Crippen MR) is 523 cm³/mol. The zero-order chi connectivity index (χ0) is 92.7. The lowest BCUT2D eigenvalue weighted by atomic mass is 9.86. The molecule has 660 valence electrons. The summed E-state index contributed by atoms with van der Waals surface area (Å²) in [5, 5.41) is 0. The smallest absolute Gasteiger partial charge is 0.174 e. The molecule has 18 nitrogen and oxygen atoms in total. The van der Waals surface area contributed by atoms with E-state index in [1.165, 1.54) is 26.7 Å². The molecule has 0 amide bonds. The minimum Gasteiger partial charge on any atom is -0.359 e. The van der Waals surface area contributed by atoms with Gasteiger partial charge in [0, 0.05) is 141 Å². The van der Waals surface area contributed by atoms with Gasteiger partial charge in [0.05, 0.1) is 70.2 Å². The first kappa shape index (κ1) is 87.3. The van der Waals surface area contributed by atoms with Crippen LogP contribution in [0.15, 0.2) is 122 Å². The standard InChI is InChI=1S/2C17H28N2.C13H20N2.2C12H19N3.C11H18N4.C9H18N2.7CH4/c1-12-18(8)15-11-13(16(2,3)4)9-10-14(15)19(12)17(5,6)7;1-12-18(8)14-10-9-13(16(2,3)4)11-15(14)19(12)17(5,6)7;1-10-14(5)11-8-6-7-9-12(11)15(10)13(2,3)4;1-9-14(5)11-10(7-6-8-13-11)15(9)12(2,3)4;1-9-14(5)10-7-6-8-13-11(10)15(9)12(2,3)4;1-8-14(5)9-10(13-7-6-12-9)15(8)11(2,3)4;1-8-10(5)6-7-11(8)9(2,3)4;;;;;;;/h2*9-12H,1-8H3;6-10H,1-5H3;2*6-9H,1-5H3;6-8H,1-5H3;6-8H,1-5H3;7*1H4/t2*12-;10-;2*9-;2*8-;;;;;;;/m0000000......./s1/i2*8D3;5D3;;;;5D3;;;;;;;. The highest BCUT2D eigenvalue weighted by Gasteiger charge is 2.44. The van der Waals surface area contributed by atoms with E-state index in [9.17, 15) is 0 Å². The third-order valence-corrected chi connectivity index (χ3v) is 21.4. The van der Waals surface area contributed by atoms with Gasteiger partial charge in [-0.15, -0.1) is 0 Å². The monoisotopic (exact) mass is 1620 g/mol. The van der Waals surface area contributed by atoms with Crippen molar-refractivity contribution < 1.29 is 16.4 Å². The maximum atomic E-state index is 7.94. The Morgan fingerprint density at radius 2 is 0.569 bits per heavy atom. The molecule has 0 bridgehead atoms. The molecule has 7 atom stereocenters. The van der Waals surface area contributed by atoms with Crippen molar-refractivity contribution in [3.8, 4) is 0 Å². The number of para-hydroxylation sites is 2. The van der Waals surface area contributed by atoms with Gasteiger partial charge in [-0.2, -0.15) is 0 Å². The molecule has 13 rings (SSSR count). The molecule has 0 saturated heterocycles. The van der Waals surface area contributed by atoms with Crippen LogP contribution in [0.5, 0.6) is 0 Å². The average molecular weight is 1620 g/mol. The molecule has 0 spiro atoms. The molecule has 0 unspecified atom stereocenters. The van der Waals surface area contributed by atoms with Gasteiger partial charge in [-0.3, -0.25) is 0 Å². The van der Waals surface area contributed by atoms with Gasteiger partial charge in [0.15, 0.2) is 23.3 Å². The Kier molecular flexibility index (Phi) is 29.5. The minimum atomic E-state index is -2.15. The fraction of sp³-hybridized carbons (Fsp3) is 0.653. The molecular weight excluding hydrogens is 1430 g/mol. The number of fused-ring (bicyclic) bond motifs is 6. The lowest BCUT2D eigenvalue weighted by Gasteiger charge is -2.39. The number of aromatic nitrogens is 4. The maximum absolute atomic E-state index is 7.94. The summed E-state index contributed by atoms with van der Waals surface area (Å²) in [7, 11) is 6.28. The van der Waals surface area contributed by atoms with E-state index < -0.39 is 27.9 Å².